The van der Waals surface area contributed by atoms with Gasteiger partial charge in [-0.2, -0.15) is 0 Å². The molecule has 0 saturated carbocycles. The quantitative estimate of drug-likeness (QED) is 0.231. The molecule has 2 aliphatic heterocycles. The van der Waals surface area contributed by atoms with Gasteiger partial charge < -0.3 is 19.3 Å². The molecule has 5 rings (SSSR count). The number of rotatable bonds is 8. The van der Waals surface area contributed by atoms with Crippen molar-refractivity contribution < 1.29 is 28.9 Å². The van der Waals surface area contributed by atoms with Gasteiger partial charge in [0, 0.05) is 12.0 Å². The Morgan fingerprint density at radius 1 is 1.18 bits per heavy atom. The SMILES string of the molecule is COc1cc([C@@H]2C(=C(O)c3ccc4c(c3)C[C@H](C)O4)C(=O)C(=O)N2c2nnc(C)s2)ccc1OCCC(C)C. The number of aryl methyl sites for hydroxylation is 1. The van der Waals surface area contributed by atoms with Crippen LogP contribution in [0.1, 0.15) is 54.9 Å². The van der Waals surface area contributed by atoms with Crippen molar-refractivity contribution in [3.8, 4) is 17.2 Å². The van der Waals surface area contributed by atoms with Crippen molar-refractivity contribution in [2.45, 2.75) is 52.7 Å². The second kappa shape index (κ2) is 10.7. The van der Waals surface area contributed by atoms with E-state index >= 15 is 0 Å². The highest BCUT2D eigenvalue weighted by Gasteiger charge is 2.48. The molecule has 2 atom stereocenters. The van der Waals surface area contributed by atoms with Gasteiger partial charge in [0.1, 0.15) is 22.6 Å². The van der Waals surface area contributed by atoms with Crippen LogP contribution in [0.25, 0.3) is 5.76 Å². The van der Waals surface area contributed by atoms with Crippen LogP contribution in [0.15, 0.2) is 42.0 Å². The van der Waals surface area contributed by atoms with Crippen molar-refractivity contribution in [3.05, 3.63) is 63.7 Å². The topological polar surface area (TPSA) is 111 Å². The molecule has 2 aliphatic rings. The van der Waals surface area contributed by atoms with Crippen molar-refractivity contribution in [1.82, 2.24) is 10.2 Å². The summed E-state index contributed by atoms with van der Waals surface area (Å²) in [6.07, 6.45) is 1.59. The fourth-order valence-corrected chi connectivity index (χ4v) is 5.55. The predicted octanol–water partition coefficient (Wildman–Crippen LogP) is 5.23. The molecule has 0 radical (unpaired) electrons. The summed E-state index contributed by atoms with van der Waals surface area (Å²) in [6.45, 7) is 8.51. The van der Waals surface area contributed by atoms with E-state index in [2.05, 4.69) is 24.0 Å². The number of aliphatic hydroxyl groups is 1. The summed E-state index contributed by atoms with van der Waals surface area (Å²) in [5.41, 5.74) is 1.90. The number of Topliss-reactive ketones (excluding diaryl/α,β-unsaturated/α-hetero) is 1. The van der Waals surface area contributed by atoms with E-state index < -0.39 is 17.7 Å². The smallest absolute Gasteiger partial charge is 0.301 e. The van der Waals surface area contributed by atoms with Crippen LogP contribution in [0.5, 0.6) is 17.2 Å². The molecule has 1 saturated heterocycles. The number of anilines is 1. The van der Waals surface area contributed by atoms with E-state index in [1.165, 1.54) is 23.3 Å². The predicted molar refractivity (Wildman–Crippen MR) is 148 cm³/mol. The zero-order valence-corrected chi connectivity index (χ0v) is 23.4. The minimum Gasteiger partial charge on any atom is -0.507 e. The van der Waals surface area contributed by atoms with Gasteiger partial charge >= 0.3 is 5.91 Å². The number of hydrogen-bond acceptors (Lipinski definition) is 9. The zero-order valence-electron chi connectivity index (χ0n) is 22.6. The first-order chi connectivity index (χ1) is 18.7. The third kappa shape index (κ3) is 5.08. The van der Waals surface area contributed by atoms with E-state index in [1.807, 2.05) is 6.92 Å². The highest BCUT2D eigenvalue weighted by atomic mass is 32.1. The molecule has 9 nitrogen and oxygen atoms in total. The minimum atomic E-state index is -0.945. The first-order valence-electron chi connectivity index (χ1n) is 12.9. The number of hydrogen-bond donors (Lipinski definition) is 1. The van der Waals surface area contributed by atoms with Crippen molar-refractivity contribution in [2.24, 2.45) is 5.92 Å². The van der Waals surface area contributed by atoms with Gasteiger partial charge in [-0.25, -0.2) is 0 Å². The summed E-state index contributed by atoms with van der Waals surface area (Å²) in [5, 5.41) is 20.6. The lowest BCUT2D eigenvalue weighted by atomic mass is 9.94. The second-order valence-electron chi connectivity index (χ2n) is 10.2. The van der Waals surface area contributed by atoms with Gasteiger partial charge in [0.25, 0.3) is 5.78 Å². The van der Waals surface area contributed by atoms with Gasteiger partial charge in [0.2, 0.25) is 5.13 Å². The van der Waals surface area contributed by atoms with Crippen LogP contribution in [-0.4, -0.2) is 46.8 Å². The Morgan fingerprint density at radius 3 is 2.67 bits per heavy atom. The summed E-state index contributed by atoms with van der Waals surface area (Å²) >= 11 is 1.20. The summed E-state index contributed by atoms with van der Waals surface area (Å²) in [7, 11) is 1.53. The van der Waals surface area contributed by atoms with Crippen molar-refractivity contribution in [3.63, 3.8) is 0 Å². The Kier molecular flexibility index (Phi) is 7.31. The number of aromatic nitrogens is 2. The van der Waals surface area contributed by atoms with Crippen LogP contribution >= 0.6 is 11.3 Å². The van der Waals surface area contributed by atoms with Crippen LogP contribution in [0.4, 0.5) is 5.13 Å². The molecule has 3 heterocycles. The average Bonchev–Trinajstić information content (AvgIpc) is 3.57. The molecule has 204 valence electrons. The molecule has 39 heavy (non-hydrogen) atoms. The van der Waals surface area contributed by atoms with Gasteiger partial charge in [-0.3, -0.25) is 14.5 Å². The van der Waals surface area contributed by atoms with E-state index in [0.717, 1.165) is 17.7 Å². The van der Waals surface area contributed by atoms with Gasteiger partial charge in [-0.15, -0.1) is 10.2 Å². The van der Waals surface area contributed by atoms with E-state index in [9.17, 15) is 14.7 Å². The van der Waals surface area contributed by atoms with Crippen LogP contribution in [0, 0.1) is 12.8 Å². The number of carbonyl (C=O) groups is 2. The number of methoxy groups -OCH3 is 1. The number of ketones is 1. The molecule has 2 aromatic carbocycles. The Morgan fingerprint density at radius 2 is 1.97 bits per heavy atom. The lowest BCUT2D eigenvalue weighted by Crippen LogP contribution is -2.29. The second-order valence-corrected chi connectivity index (χ2v) is 11.3. The molecule has 10 heteroatoms. The Labute approximate surface area is 231 Å². The summed E-state index contributed by atoms with van der Waals surface area (Å²) in [4.78, 5) is 28.2. The van der Waals surface area contributed by atoms with Gasteiger partial charge in [0.15, 0.2) is 11.5 Å². The summed E-state index contributed by atoms with van der Waals surface area (Å²) in [6, 6.07) is 9.59. The largest absolute Gasteiger partial charge is 0.507 e. The van der Waals surface area contributed by atoms with Crippen molar-refractivity contribution >= 4 is 33.9 Å². The molecule has 1 aromatic heterocycles. The fourth-order valence-electron chi connectivity index (χ4n) is 4.83. The molecule has 1 N–H and O–H groups in total. The molecule has 0 aliphatic carbocycles. The van der Waals surface area contributed by atoms with Crippen molar-refractivity contribution in [1.29, 1.82) is 0 Å². The minimum absolute atomic E-state index is 0.0253. The van der Waals surface area contributed by atoms with Crippen LogP contribution in [0.3, 0.4) is 0 Å². The maximum atomic E-state index is 13.5. The Bertz CT molecular complexity index is 1460. The van der Waals surface area contributed by atoms with Crippen LogP contribution < -0.4 is 19.1 Å². The Hall–Kier alpha value is -3.92. The van der Waals surface area contributed by atoms with Crippen LogP contribution in [0.2, 0.25) is 0 Å². The third-order valence-corrected chi connectivity index (χ3v) is 7.63. The van der Waals surface area contributed by atoms with Gasteiger partial charge in [0.05, 0.1) is 25.3 Å². The first-order valence-corrected chi connectivity index (χ1v) is 13.7. The number of nitrogens with zero attached hydrogens (tertiary/aromatic N) is 3. The molecular weight excluding hydrogens is 518 g/mol. The molecular formula is C29H31N3O6S. The van der Waals surface area contributed by atoms with Crippen LogP contribution in [-0.2, 0) is 16.0 Å². The summed E-state index contributed by atoms with van der Waals surface area (Å²) < 4.78 is 17.3. The van der Waals surface area contributed by atoms with E-state index in [4.69, 9.17) is 14.2 Å². The van der Waals surface area contributed by atoms with Gasteiger partial charge in [-0.05, 0) is 67.6 Å². The van der Waals surface area contributed by atoms with E-state index in [0.29, 0.717) is 46.6 Å². The third-order valence-electron chi connectivity index (χ3n) is 6.79. The normalized spacial score (nSPS) is 19.9. The van der Waals surface area contributed by atoms with E-state index in [1.54, 1.807) is 43.3 Å². The lowest BCUT2D eigenvalue weighted by Gasteiger charge is -2.23. The number of fused-ring (bicyclic) bond motifs is 1. The van der Waals surface area contributed by atoms with Crippen molar-refractivity contribution in [2.75, 3.05) is 18.6 Å². The molecule has 0 bridgehead atoms. The monoisotopic (exact) mass is 549 g/mol. The maximum Gasteiger partial charge on any atom is 0.301 e. The number of ether oxygens (including phenoxy) is 3. The molecule has 0 unspecified atom stereocenters. The fraction of sp³-hybridized carbons (Fsp3) is 0.379. The summed E-state index contributed by atoms with van der Waals surface area (Å²) in [5.74, 6) is 0.397. The number of aliphatic hydroxyl groups excluding tert-OH is 1. The molecule has 1 amide bonds. The number of amides is 1. The molecule has 0 spiro atoms. The molecule has 3 aromatic rings. The van der Waals surface area contributed by atoms with Gasteiger partial charge in [-0.1, -0.05) is 31.3 Å². The lowest BCUT2D eigenvalue weighted by molar-refractivity contribution is -0.132. The zero-order chi connectivity index (χ0) is 27.8. The first kappa shape index (κ1) is 26.7. The maximum absolute atomic E-state index is 13.5. The Balaban J connectivity index is 1.62. The highest BCUT2D eigenvalue weighted by Crippen LogP contribution is 2.45. The standard InChI is InChI=1S/C29H31N3O6S/c1-15(2)10-11-37-22-9-6-18(14-23(22)36-5)25-24(27(34)28(35)32(25)29-31-30-17(4)39-29)26(33)19-7-8-21-20(13-19)12-16(3)38-21/h6-9,13-16,25,33H,10-12H2,1-5H3/t16-,25+/m0/s1. The number of benzene rings is 2. The average molecular weight is 550 g/mol. The molecule has 1 fully saturated rings. The number of carbonyl (C=O) groups excluding carboxylic acids is 2. The van der Waals surface area contributed by atoms with E-state index in [-0.39, 0.29) is 22.6 Å². The highest BCUT2D eigenvalue weighted by molar-refractivity contribution is 7.15.